The van der Waals surface area contributed by atoms with Crippen LogP contribution >= 0.6 is 0 Å². The highest BCUT2D eigenvalue weighted by molar-refractivity contribution is 5.94. The van der Waals surface area contributed by atoms with Crippen molar-refractivity contribution in [2.24, 2.45) is 0 Å². The standard InChI is InChI=1S/C20H22N2O4/c23-20(21-12-16-3-6-18-19(11-16)26-14-25-18)17-4-1-15(2-5-17)13-22-7-9-24-10-8-22/h1-6,11H,7-10,12-14H2,(H,21,23)/p+1. The molecule has 0 spiro atoms. The Hall–Kier alpha value is -2.57. The van der Waals surface area contributed by atoms with Crippen LogP contribution in [0.2, 0.25) is 0 Å². The Bertz CT molecular complexity index is 770. The Morgan fingerprint density at radius 3 is 2.50 bits per heavy atom. The molecule has 6 heteroatoms. The summed E-state index contributed by atoms with van der Waals surface area (Å²) in [6, 6.07) is 13.6. The summed E-state index contributed by atoms with van der Waals surface area (Å²) in [6.45, 7) is 5.42. The first kappa shape index (κ1) is 16.9. The Labute approximate surface area is 152 Å². The van der Waals surface area contributed by atoms with Crippen LogP contribution in [0.3, 0.4) is 0 Å². The average Bonchev–Trinajstić information content (AvgIpc) is 3.15. The fourth-order valence-corrected chi connectivity index (χ4v) is 3.23. The van der Waals surface area contributed by atoms with Crippen molar-refractivity contribution in [3.05, 3.63) is 59.2 Å². The van der Waals surface area contributed by atoms with E-state index in [2.05, 4.69) is 5.32 Å². The molecule has 2 N–H and O–H groups in total. The fourth-order valence-electron chi connectivity index (χ4n) is 3.23. The van der Waals surface area contributed by atoms with E-state index in [0.717, 1.165) is 49.9 Å². The number of hydrogen-bond acceptors (Lipinski definition) is 4. The lowest BCUT2D eigenvalue weighted by Crippen LogP contribution is -3.12. The molecule has 2 aliphatic heterocycles. The largest absolute Gasteiger partial charge is 0.454 e. The first-order chi connectivity index (χ1) is 12.8. The number of benzene rings is 2. The average molecular weight is 355 g/mol. The van der Waals surface area contributed by atoms with Crippen LogP contribution in [0.4, 0.5) is 0 Å². The molecule has 1 amide bonds. The van der Waals surface area contributed by atoms with Gasteiger partial charge in [-0.2, -0.15) is 0 Å². The lowest BCUT2D eigenvalue weighted by molar-refractivity contribution is -0.921. The summed E-state index contributed by atoms with van der Waals surface area (Å²) >= 11 is 0. The third-order valence-electron chi connectivity index (χ3n) is 4.76. The summed E-state index contributed by atoms with van der Waals surface area (Å²) in [7, 11) is 0. The molecule has 2 heterocycles. The van der Waals surface area contributed by atoms with Gasteiger partial charge in [0.1, 0.15) is 19.6 Å². The highest BCUT2D eigenvalue weighted by atomic mass is 16.7. The lowest BCUT2D eigenvalue weighted by Gasteiger charge is -2.23. The molecule has 0 saturated carbocycles. The van der Waals surface area contributed by atoms with Gasteiger partial charge in [0.2, 0.25) is 6.79 Å². The number of fused-ring (bicyclic) bond motifs is 1. The summed E-state index contributed by atoms with van der Waals surface area (Å²) in [4.78, 5) is 13.9. The molecule has 26 heavy (non-hydrogen) atoms. The van der Waals surface area contributed by atoms with Crippen LogP contribution in [0.25, 0.3) is 0 Å². The van der Waals surface area contributed by atoms with Gasteiger partial charge in [-0.15, -0.1) is 0 Å². The number of hydrogen-bond donors (Lipinski definition) is 2. The molecule has 2 aromatic carbocycles. The molecule has 0 aromatic heterocycles. The van der Waals surface area contributed by atoms with Crippen molar-refractivity contribution in [3.63, 3.8) is 0 Å². The monoisotopic (exact) mass is 355 g/mol. The summed E-state index contributed by atoms with van der Waals surface area (Å²) in [6.07, 6.45) is 0. The number of nitrogens with one attached hydrogen (secondary N) is 2. The molecule has 0 bridgehead atoms. The molecule has 2 aliphatic rings. The minimum absolute atomic E-state index is 0.0760. The number of carbonyl (C=O) groups excluding carboxylic acids is 1. The van der Waals surface area contributed by atoms with E-state index >= 15 is 0 Å². The van der Waals surface area contributed by atoms with Crippen LogP contribution in [-0.2, 0) is 17.8 Å². The van der Waals surface area contributed by atoms with Gasteiger partial charge < -0.3 is 24.4 Å². The van der Waals surface area contributed by atoms with Crippen molar-refractivity contribution in [2.45, 2.75) is 13.1 Å². The fraction of sp³-hybridized carbons (Fsp3) is 0.350. The third-order valence-corrected chi connectivity index (χ3v) is 4.76. The van der Waals surface area contributed by atoms with Crippen LogP contribution in [-0.4, -0.2) is 39.0 Å². The van der Waals surface area contributed by atoms with Crippen molar-refractivity contribution in [1.82, 2.24) is 5.32 Å². The van der Waals surface area contributed by atoms with Crippen LogP contribution in [0.1, 0.15) is 21.5 Å². The van der Waals surface area contributed by atoms with Crippen molar-refractivity contribution >= 4 is 5.91 Å². The second kappa shape index (κ2) is 7.76. The minimum Gasteiger partial charge on any atom is -0.454 e. The van der Waals surface area contributed by atoms with Crippen molar-refractivity contribution in [1.29, 1.82) is 0 Å². The SMILES string of the molecule is O=C(NCc1ccc2c(c1)OCO2)c1ccc(C[NH+]2CCOCC2)cc1. The first-order valence-electron chi connectivity index (χ1n) is 8.95. The van der Waals surface area contributed by atoms with Crippen molar-refractivity contribution < 1.29 is 23.9 Å². The molecule has 1 fully saturated rings. The molecule has 0 aliphatic carbocycles. The Balaban J connectivity index is 1.31. The van der Waals surface area contributed by atoms with E-state index in [-0.39, 0.29) is 12.7 Å². The molecule has 1 saturated heterocycles. The third kappa shape index (κ3) is 3.98. The van der Waals surface area contributed by atoms with Gasteiger partial charge in [-0.1, -0.05) is 18.2 Å². The molecule has 0 radical (unpaired) electrons. The molecule has 4 rings (SSSR count). The number of quaternary nitrogens is 1. The number of rotatable bonds is 5. The molecular weight excluding hydrogens is 332 g/mol. The van der Waals surface area contributed by atoms with Crippen molar-refractivity contribution in [2.75, 3.05) is 33.1 Å². The highest BCUT2D eigenvalue weighted by Gasteiger charge is 2.15. The summed E-state index contributed by atoms with van der Waals surface area (Å²) in [5.74, 6) is 1.40. The molecule has 2 aromatic rings. The number of ether oxygens (including phenoxy) is 3. The van der Waals surface area contributed by atoms with E-state index < -0.39 is 0 Å². The predicted octanol–water partition coefficient (Wildman–Crippen LogP) is 0.760. The van der Waals surface area contributed by atoms with Gasteiger partial charge in [-0.05, 0) is 29.8 Å². The Morgan fingerprint density at radius 1 is 0.962 bits per heavy atom. The normalized spacial score (nSPS) is 16.5. The van der Waals surface area contributed by atoms with Gasteiger partial charge in [0.25, 0.3) is 5.91 Å². The van der Waals surface area contributed by atoms with Gasteiger partial charge >= 0.3 is 0 Å². The zero-order valence-corrected chi connectivity index (χ0v) is 14.6. The van der Waals surface area contributed by atoms with Gasteiger partial charge in [0.15, 0.2) is 11.5 Å². The Kier molecular flexibility index (Phi) is 5.04. The van der Waals surface area contributed by atoms with E-state index in [1.807, 2.05) is 42.5 Å². The maximum absolute atomic E-state index is 12.4. The quantitative estimate of drug-likeness (QED) is 0.831. The van der Waals surface area contributed by atoms with Crippen LogP contribution < -0.4 is 19.7 Å². The number of amides is 1. The van der Waals surface area contributed by atoms with Gasteiger partial charge in [0, 0.05) is 17.7 Å². The highest BCUT2D eigenvalue weighted by Crippen LogP contribution is 2.32. The predicted molar refractivity (Wildman–Crippen MR) is 95.4 cm³/mol. The zero-order chi connectivity index (χ0) is 17.8. The van der Waals surface area contributed by atoms with E-state index in [9.17, 15) is 4.79 Å². The maximum Gasteiger partial charge on any atom is 0.251 e. The number of morpholine rings is 1. The van der Waals surface area contributed by atoms with Gasteiger partial charge in [-0.25, -0.2) is 0 Å². The van der Waals surface area contributed by atoms with Crippen LogP contribution in [0, 0.1) is 0 Å². The molecular formula is C20H23N2O4+. The summed E-state index contributed by atoms with van der Waals surface area (Å²) in [5, 5.41) is 2.95. The molecule has 136 valence electrons. The lowest BCUT2D eigenvalue weighted by atomic mass is 10.1. The first-order valence-corrected chi connectivity index (χ1v) is 8.95. The molecule has 0 unspecified atom stereocenters. The van der Waals surface area contributed by atoms with Crippen molar-refractivity contribution in [3.8, 4) is 11.5 Å². The van der Waals surface area contributed by atoms with E-state index in [1.54, 1.807) is 0 Å². The topological polar surface area (TPSA) is 61.2 Å². The summed E-state index contributed by atoms with van der Waals surface area (Å²) < 4.78 is 16.0. The smallest absolute Gasteiger partial charge is 0.251 e. The van der Waals surface area contributed by atoms with Crippen LogP contribution in [0.5, 0.6) is 11.5 Å². The van der Waals surface area contributed by atoms with Crippen LogP contribution in [0.15, 0.2) is 42.5 Å². The van der Waals surface area contributed by atoms with E-state index in [0.29, 0.717) is 12.1 Å². The maximum atomic E-state index is 12.4. The molecule has 0 atom stereocenters. The zero-order valence-electron chi connectivity index (χ0n) is 14.6. The minimum atomic E-state index is -0.0760. The molecule has 6 nitrogen and oxygen atoms in total. The van der Waals surface area contributed by atoms with E-state index in [4.69, 9.17) is 14.2 Å². The van der Waals surface area contributed by atoms with E-state index in [1.165, 1.54) is 10.5 Å². The number of carbonyl (C=O) groups is 1. The Morgan fingerprint density at radius 2 is 1.69 bits per heavy atom. The van der Waals surface area contributed by atoms with Gasteiger partial charge in [0.05, 0.1) is 13.2 Å². The second-order valence-electron chi connectivity index (χ2n) is 6.61. The van der Waals surface area contributed by atoms with Gasteiger partial charge in [-0.3, -0.25) is 4.79 Å². The summed E-state index contributed by atoms with van der Waals surface area (Å²) in [5.41, 5.74) is 2.90. The second-order valence-corrected chi connectivity index (χ2v) is 6.61.